The van der Waals surface area contributed by atoms with Crippen molar-refractivity contribution in [2.45, 2.75) is 70.9 Å². The molecule has 0 aromatic carbocycles. The summed E-state index contributed by atoms with van der Waals surface area (Å²) < 4.78 is 0. The largest absolute Gasteiger partial charge is 0.354 e. The smallest absolute Gasteiger partial charge is 0.221 e. The average Bonchev–Trinajstić information content (AvgIpc) is 3.10. The van der Waals surface area contributed by atoms with Crippen LogP contribution in [0, 0.1) is 0 Å². The molecule has 0 radical (unpaired) electrons. The van der Waals surface area contributed by atoms with Gasteiger partial charge in [-0.2, -0.15) is 0 Å². The fourth-order valence-corrected chi connectivity index (χ4v) is 3.68. The van der Waals surface area contributed by atoms with Crippen LogP contribution in [0.3, 0.4) is 0 Å². The summed E-state index contributed by atoms with van der Waals surface area (Å²) in [6.45, 7) is 5.91. The van der Waals surface area contributed by atoms with Crippen molar-refractivity contribution in [1.29, 1.82) is 0 Å². The number of carbonyl (C=O) groups excluding carboxylic acids is 1. The standard InChI is InChI=1S/C17H28N4O/c1-12(2)18-16(22)9-11-21-10-5-8-15(21)17-19-13-6-3-4-7-14(13)20-17/h12,15H,3-11H2,1-2H3,(H,18,22)(H,19,20)/t15-/m1/s1. The van der Waals surface area contributed by atoms with Crippen LogP contribution in [0.25, 0.3) is 0 Å². The molecule has 3 rings (SSSR count). The van der Waals surface area contributed by atoms with Crippen molar-refractivity contribution in [1.82, 2.24) is 20.2 Å². The number of imidazole rings is 1. The van der Waals surface area contributed by atoms with Gasteiger partial charge in [0, 0.05) is 24.7 Å². The number of rotatable bonds is 5. The van der Waals surface area contributed by atoms with Crippen molar-refractivity contribution in [2.24, 2.45) is 0 Å². The molecule has 2 aliphatic rings. The van der Waals surface area contributed by atoms with Crippen molar-refractivity contribution in [3.05, 3.63) is 17.2 Å². The second-order valence-electron chi connectivity index (χ2n) is 6.92. The van der Waals surface area contributed by atoms with E-state index in [0.29, 0.717) is 12.5 Å². The number of aromatic nitrogens is 2. The molecule has 1 fully saturated rings. The molecule has 2 N–H and O–H groups in total. The van der Waals surface area contributed by atoms with Crippen LogP contribution in [0.2, 0.25) is 0 Å². The zero-order valence-electron chi connectivity index (χ0n) is 13.8. The van der Waals surface area contributed by atoms with E-state index in [2.05, 4.69) is 15.2 Å². The second kappa shape index (κ2) is 6.82. The normalized spacial score (nSPS) is 22.0. The quantitative estimate of drug-likeness (QED) is 0.878. The van der Waals surface area contributed by atoms with Gasteiger partial charge in [-0.1, -0.05) is 0 Å². The summed E-state index contributed by atoms with van der Waals surface area (Å²) in [7, 11) is 0. The molecule has 1 aliphatic heterocycles. The van der Waals surface area contributed by atoms with Gasteiger partial charge in [0.1, 0.15) is 5.82 Å². The number of hydrogen-bond acceptors (Lipinski definition) is 3. The Morgan fingerprint density at radius 2 is 2.18 bits per heavy atom. The zero-order valence-corrected chi connectivity index (χ0v) is 13.8. The molecule has 1 saturated heterocycles. The molecular formula is C17H28N4O. The Balaban J connectivity index is 1.60. The van der Waals surface area contributed by atoms with Gasteiger partial charge < -0.3 is 10.3 Å². The van der Waals surface area contributed by atoms with Crippen molar-refractivity contribution in [2.75, 3.05) is 13.1 Å². The number of aromatic amines is 1. The van der Waals surface area contributed by atoms with Gasteiger partial charge in [-0.3, -0.25) is 9.69 Å². The Morgan fingerprint density at radius 3 is 2.95 bits per heavy atom. The van der Waals surface area contributed by atoms with Gasteiger partial charge in [0.15, 0.2) is 0 Å². The third-order valence-electron chi connectivity index (χ3n) is 4.73. The lowest BCUT2D eigenvalue weighted by molar-refractivity contribution is -0.121. The SMILES string of the molecule is CC(C)NC(=O)CCN1CCC[C@@H]1c1nc2c([nH]1)CCCC2. The van der Waals surface area contributed by atoms with Crippen LogP contribution >= 0.6 is 0 Å². The Hall–Kier alpha value is -1.36. The lowest BCUT2D eigenvalue weighted by atomic mass is 10.0. The molecule has 0 spiro atoms. The minimum Gasteiger partial charge on any atom is -0.354 e. The first-order valence-corrected chi connectivity index (χ1v) is 8.74. The number of likely N-dealkylation sites (tertiary alicyclic amines) is 1. The van der Waals surface area contributed by atoms with Gasteiger partial charge in [0.05, 0.1) is 11.7 Å². The van der Waals surface area contributed by atoms with Crippen LogP contribution in [0.5, 0.6) is 0 Å². The maximum atomic E-state index is 11.9. The number of carbonyl (C=O) groups is 1. The maximum Gasteiger partial charge on any atom is 0.221 e. The molecule has 1 amide bonds. The molecular weight excluding hydrogens is 276 g/mol. The minimum absolute atomic E-state index is 0.152. The highest BCUT2D eigenvalue weighted by atomic mass is 16.1. The van der Waals surface area contributed by atoms with Crippen LogP contribution < -0.4 is 5.32 Å². The Kier molecular flexibility index (Phi) is 4.81. The van der Waals surface area contributed by atoms with Gasteiger partial charge in [-0.05, 0) is 58.9 Å². The summed E-state index contributed by atoms with van der Waals surface area (Å²) >= 11 is 0. The van der Waals surface area contributed by atoms with E-state index in [-0.39, 0.29) is 11.9 Å². The molecule has 22 heavy (non-hydrogen) atoms. The van der Waals surface area contributed by atoms with Crippen molar-refractivity contribution < 1.29 is 4.79 Å². The summed E-state index contributed by atoms with van der Waals surface area (Å²) in [5.41, 5.74) is 2.64. The molecule has 2 heterocycles. The number of aryl methyl sites for hydroxylation is 2. The fraction of sp³-hybridized carbons (Fsp3) is 0.765. The van der Waals surface area contributed by atoms with Gasteiger partial charge in [0.25, 0.3) is 0 Å². The van der Waals surface area contributed by atoms with Crippen molar-refractivity contribution >= 4 is 5.91 Å². The van der Waals surface area contributed by atoms with Gasteiger partial charge in [-0.15, -0.1) is 0 Å². The molecule has 0 saturated carbocycles. The summed E-state index contributed by atoms with van der Waals surface area (Å²) in [4.78, 5) is 22.7. The highest BCUT2D eigenvalue weighted by molar-refractivity contribution is 5.76. The number of nitrogens with zero attached hydrogens (tertiary/aromatic N) is 2. The Labute approximate surface area is 132 Å². The molecule has 0 bridgehead atoms. The summed E-state index contributed by atoms with van der Waals surface area (Å²) in [5, 5.41) is 2.97. The minimum atomic E-state index is 0.152. The van der Waals surface area contributed by atoms with Crippen LogP contribution in [-0.2, 0) is 17.6 Å². The van der Waals surface area contributed by atoms with E-state index in [1.165, 1.54) is 30.7 Å². The van der Waals surface area contributed by atoms with Crippen LogP contribution in [0.15, 0.2) is 0 Å². The van der Waals surface area contributed by atoms with Gasteiger partial charge in [0.2, 0.25) is 5.91 Å². The molecule has 5 nitrogen and oxygen atoms in total. The number of amides is 1. The Morgan fingerprint density at radius 1 is 1.36 bits per heavy atom. The fourth-order valence-electron chi connectivity index (χ4n) is 3.68. The molecule has 1 aliphatic carbocycles. The Bertz CT molecular complexity index is 499. The number of H-pyrrole nitrogens is 1. The molecule has 122 valence electrons. The van der Waals surface area contributed by atoms with Crippen LogP contribution in [0.4, 0.5) is 0 Å². The van der Waals surface area contributed by atoms with E-state index in [1.807, 2.05) is 13.8 Å². The molecule has 1 atom stereocenters. The molecule has 5 heteroatoms. The van der Waals surface area contributed by atoms with E-state index >= 15 is 0 Å². The first-order valence-electron chi connectivity index (χ1n) is 8.74. The average molecular weight is 304 g/mol. The van der Waals surface area contributed by atoms with Crippen LogP contribution in [-0.4, -0.2) is 39.9 Å². The highest BCUT2D eigenvalue weighted by Crippen LogP contribution is 2.32. The number of fused-ring (bicyclic) bond motifs is 1. The van der Waals surface area contributed by atoms with E-state index in [0.717, 1.165) is 38.2 Å². The van der Waals surface area contributed by atoms with Gasteiger partial charge >= 0.3 is 0 Å². The van der Waals surface area contributed by atoms with E-state index in [9.17, 15) is 4.79 Å². The predicted octanol–water partition coefficient (Wildman–Crippen LogP) is 2.34. The van der Waals surface area contributed by atoms with E-state index in [4.69, 9.17) is 4.98 Å². The number of nitrogens with one attached hydrogen (secondary N) is 2. The van der Waals surface area contributed by atoms with E-state index in [1.54, 1.807) is 0 Å². The third-order valence-corrected chi connectivity index (χ3v) is 4.73. The topological polar surface area (TPSA) is 61.0 Å². The molecule has 0 unspecified atom stereocenters. The zero-order chi connectivity index (χ0) is 15.5. The van der Waals surface area contributed by atoms with Crippen molar-refractivity contribution in [3.8, 4) is 0 Å². The lowest BCUT2D eigenvalue weighted by Crippen LogP contribution is -2.34. The maximum absolute atomic E-state index is 11.9. The third kappa shape index (κ3) is 3.51. The second-order valence-corrected chi connectivity index (χ2v) is 6.92. The van der Waals surface area contributed by atoms with Gasteiger partial charge in [-0.25, -0.2) is 4.98 Å². The highest BCUT2D eigenvalue weighted by Gasteiger charge is 2.29. The monoisotopic (exact) mass is 304 g/mol. The van der Waals surface area contributed by atoms with E-state index < -0.39 is 0 Å². The summed E-state index contributed by atoms with van der Waals surface area (Å²) in [5.74, 6) is 1.29. The molecule has 1 aromatic heterocycles. The summed E-state index contributed by atoms with van der Waals surface area (Å²) in [6, 6.07) is 0.594. The molecule has 1 aromatic rings. The lowest BCUT2D eigenvalue weighted by Gasteiger charge is -2.22. The summed E-state index contributed by atoms with van der Waals surface area (Å²) in [6.07, 6.45) is 7.73. The first kappa shape index (κ1) is 15.5. The van der Waals surface area contributed by atoms with Crippen LogP contribution in [0.1, 0.15) is 69.2 Å². The first-order chi connectivity index (χ1) is 10.6. The number of hydrogen-bond donors (Lipinski definition) is 2. The predicted molar refractivity (Wildman–Crippen MR) is 86.7 cm³/mol. The van der Waals surface area contributed by atoms with Crippen molar-refractivity contribution in [3.63, 3.8) is 0 Å².